The fraction of sp³-hybridized carbons (Fsp3) is 0.120. The molecule has 0 bridgehead atoms. The monoisotopic (exact) mass is 458 g/mol. The first-order chi connectivity index (χ1) is 16.5. The summed E-state index contributed by atoms with van der Waals surface area (Å²) in [6.07, 6.45) is 1.47. The largest absolute Gasteiger partial charge is 0.493 e. The second-order valence-corrected chi connectivity index (χ2v) is 7.22. The Morgan fingerprint density at radius 3 is 2.26 bits per heavy atom. The van der Waals surface area contributed by atoms with Crippen LogP contribution >= 0.6 is 0 Å². The number of ether oxygens (including phenoxy) is 3. The van der Waals surface area contributed by atoms with Crippen LogP contribution in [0.1, 0.15) is 17.3 Å². The quantitative estimate of drug-likeness (QED) is 0.306. The molecular weight excluding hydrogens is 436 g/mol. The van der Waals surface area contributed by atoms with E-state index in [-0.39, 0.29) is 5.91 Å². The van der Waals surface area contributed by atoms with Gasteiger partial charge in [0.05, 0.1) is 19.7 Å². The number of nitrogens with zero attached hydrogens (tertiary/aromatic N) is 2. The number of hydrogen-bond donors (Lipinski definition) is 2. The fourth-order valence-electron chi connectivity index (χ4n) is 3.33. The van der Waals surface area contributed by atoms with Crippen molar-refractivity contribution >= 4 is 40.0 Å². The predicted octanol–water partition coefficient (Wildman–Crippen LogP) is 4.57. The molecule has 0 saturated heterocycles. The second kappa shape index (κ2) is 9.86. The van der Waals surface area contributed by atoms with Crippen LogP contribution in [-0.2, 0) is 4.79 Å². The molecule has 1 aromatic heterocycles. The maximum Gasteiger partial charge on any atom is 0.308 e. The van der Waals surface area contributed by atoms with Crippen molar-refractivity contribution in [1.82, 2.24) is 9.97 Å². The number of carbonyl (C=O) groups excluding carboxylic acids is 2. The van der Waals surface area contributed by atoms with Gasteiger partial charge in [-0.3, -0.25) is 9.59 Å². The summed E-state index contributed by atoms with van der Waals surface area (Å²) in [4.78, 5) is 32.4. The van der Waals surface area contributed by atoms with Gasteiger partial charge in [-0.1, -0.05) is 6.07 Å². The highest BCUT2D eigenvalue weighted by Crippen LogP contribution is 2.34. The number of amides is 1. The lowest BCUT2D eigenvalue weighted by atomic mass is 10.2. The molecule has 4 rings (SSSR count). The van der Waals surface area contributed by atoms with Gasteiger partial charge in [-0.2, -0.15) is 0 Å². The number of aromatic nitrogens is 2. The molecule has 0 spiro atoms. The van der Waals surface area contributed by atoms with E-state index >= 15 is 0 Å². The van der Waals surface area contributed by atoms with E-state index < -0.39 is 5.97 Å². The third-order valence-electron chi connectivity index (χ3n) is 4.90. The van der Waals surface area contributed by atoms with E-state index in [0.717, 1.165) is 11.1 Å². The Kier molecular flexibility index (Phi) is 6.54. The molecule has 0 unspecified atom stereocenters. The Hall–Kier alpha value is -4.66. The maximum absolute atomic E-state index is 12.6. The number of esters is 1. The zero-order valence-electron chi connectivity index (χ0n) is 18.8. The minimum atomic E-state index is -0.449. The number of nitrogens with one attached hydrogen (secondary N) is 2. The normalized spacial score (nSPS) is 10.4. The van der Waals surface area contributed by atoms with Gasteiger partial charge in [0.15, 0.2) is 11.5 Å². The number of methoxy groups -OCH3 is 2. The van der Waals surface area contributed by atoms with Gasteiger partial charge in [0.25, 0.3) is 5.91 Å². The molecule has 0 atom stereocenters. The Morgan fingerprint density at radius 1 is 0.853 bits per heavy atom. The van der Waals surface area contributed by atoms with Crippen LogP contribution in [0.25, 0.3) is 10.9 Å². The first kappa shape index (κ1) is 22.5. The van der Waals surface area contributed by atoms with E-state index in [2.05, 4.69) is 20.6 Å². The molecule has 172 valence electrons. The number of rotatable bonds is 7. The van der Waals surface area contributed by atoms with Crippen molar-refractivity contribution in [2.75, 3.05) is 24.9 Å². The highest BCUT2D eigenvalue weighted by Gasteiger charge is 2.12. The Bertz CT molecular complexity index is 1360. The smallest absolute Gasteiger partial charge is 0.308 e. The summed E-state index contributed by atoms with van der Waals surface area (Å²) < 4.78 is 15.8. The molecule has 1 amide bonds. The second-order valence-electron chi connectivity index (χ2n) is 7.22. The van der Waals surface area contributed by atoms with Crippen LogP contribution in [0.5, 0.6) is 17.2 Å². The van der Waals surface area contributed by atoms with Crippen molar-refractivity contribution in [1.29, 1.82) is 0 Å². The van der Waals surface area contributed by atoms with E-state index in [1.807, 2.05) is 18.2 Å². The van der Waals surface area contributed by atoms with Crippen molar-refractivity contribution in [3.63, 3.8) is 0 Å². The lowest BCUT2D eigenvalue weighted by Crippen LogP contribution is -2.12. The predicted molar refractivity (Wildman–Crippen MR) is 128 cm³/mol. The average Bonchev–Trinajstić information content (AvgIpc) is 2.84. The molecule has 9 heteroatoms. The van der Waals surface area contributed by atoms with Crippen molar-refractivity contribution in [2.24, 2.45) is 0 Å². The van der Waals surface area contributed by atoms with Gasteiger partial charge < -0.3 is 24.8 Å². The van der Waals surface area contributed by atoms with Crippen molar-refractivity contribution in [3.8, 4) is 17.2 Å². The molecule has 0 radical (unpaired) electrons. The van der Waals surface area contributed by atoms with Gasteiger partial charge in [0, 0.05) is 35.3 Å². The molecule has 0 aliphatic rings. The fourth-order valence-corrected chi connectivity index (χ4v) is 3.33. The number of benzene rings is 3. The molecular formula is C25H22N4O5. The Balaban J connectivity index is 1.50. The van der Waals surface area contributed by atoms with Gasteiger partial charge >= 0.3 is 5.97 Å². The van der Waals surface area contributed by atoms with Crippen molar-refractivity contribution < 1.29 is 23.8 Å². The van der Waals surface area contributed by atoms with Gasteiger partial charge in [-0.15, -0.1) is 0 Å². The highest BCUT2D eigenvalue weighted by atomic mass is 16.5. The van der Waals surface area contributed by atoms with Crippen LogP contribution in [0.15, 0.2) is 67.0 Å². The molecule has 1 heterocycles. The summed E-state index contributed by atoms with van der Waals surface area (Å²) in [5, 5.41) is 6.86. The number of fused-ring (bicyclic) bond motifs is 1. The highest BCUT2D eigenvalue weighted by molar-refractivity contribution is 6.04. The first-order valence-electron chi connectivity index (χ1n) is 10.3. The number of carbonyl (C=O) groups is 2. The van der Waals surface area contributed by atoms with Gasteiger partial charge in [0.1, 0.15) is 17.9 Å². The van der Waals surface area contributed by atoms with Crippen molar-refractivity contribution in [2.45, 2.75) is 6.92 Å². The minimum absolute atomic E-state index is 0.311. The van der Waals surface area contributed by atoms with E-state index in [9.17, 15) is 9.59 Å². The zero-order valence-corrected chi connectivity index (χ0v) is 18.8. The lowest BCUT2D eigenvalue weighted by molar-refractivity contribution is -0.131. The topological polar surface area (TPSA) is 112 Å². The molecule has 0 saturated carbocycles. The molecule has 3 aromatic carbocycles. The summed E-state index contributed by atoms with van der Waals surface area (Å²) in [7, 11) is 3.14. The zero-order chi connectivity index (χ0) is 24.1. The number of anilines is 3. The Morgan fingerprint density at radius 2 is 1.56 bits per heavy atom. The molecule has 0 aliphatic carbocycles. The summed E-state index contributed by atoms with van der Waals surface area (Å²) in [6.45, 7) is 1.31. The first-order valence-corrected chi connectivity index (χ1v) is 10.3. The SMILES string of the molecule is COc1cc2ncnc(Nc3ccc(NC(=O)c4cccc(OC(C)=O)c4)cc3)c2cc1OC. The van der Waals surface area contributed by atoms with Gasteiger partial charge in [-0.05, 0) is 48.5 Å². The van der Waals surface area contributed by atoms with Crippen LogP contribution in [0.3, 0.4) is 0 Å². The van der Waals surface area contributed by atoms with Crippen LogP contribution in [0, 0.1) is 0 Å². The molecule has 9 nitrogen and oxygen atoms in total. The Labute approximate surface area is 195 Å². The van der Waals surface area contributed by atoms with Crippen molar-refractivity contribution in [3.05, 3.63) is 72.6 Å². The van der Waals surface area contributed by atoms with E-state index in [1.54, 1.807) is 50.6 Å². The molecule has 0 aliphatic heterocycles. The van der Waals surface area contributed by atoms with Crippen LogP contribution in [0.4, 0.5) is 17.2 Å². The summed E-state index contributed by atoms with van der Waals surface area (Å²) in [6, 6.07) is 17.2. The minimum Gasteiger partial charge on any atom is -0.493 e. The van der Waals surface area contributed by atoms with Crippen LogP contribution < -0.4 is 24.8 Å². The molecule has 34 heavy (non-hydrogen) atoms. The molecule has 2 N–H and O–H groups in total. The van der Waals surface area contributed by atoms with E-state index in [1.165, 1.54) is 19.3 Å². The van der Waals surface area contributed by atoms with E-state index in [0.29, 0.717) is 39.8 Å². The maximum atomic E-state index is 12.6. The summed E-state index contributed by atoms with van der Waals surface area (Å²) in [5.74, 6) is 1.30. The summed E-state index contributed by atoms with van der Waals surface area (Å²) in [5.41, 5.74) is 2.45. The molecule has 4 aromatic rings. The summed E-state index contributed by atoms with van der Waals surface area (Å²) >= 11 is 0. The molecule has 0 fully saturated rings. The van der Waals surface area contributed by atoms with E-state index in [4.69, 9.17) is 14.2 Å². The van der Waals surface area contributed by atoms with Crippen LogP contribution in [-0.4, -0.2) is 36.1 Å². The van der Waals surface area contributed by atoms with Gasteiger partial charge in [-0.25, -0.2) is 9.97 Å². The van der Waals surface area contributed by atoms with Crippen LogP contribution in [0.2, 0.25) is 0 Å². The average molecular weight is 458 g/mol. The third kappa shape index (κ3) is 5.04. The van der Waals surface area contributed by atoms with Gasteiger partial charge in [0.2, 0.25) is 0 Å². The third-order valence-corrected chi connectivity index (χ3v) is 4.90. The number of hydrogen-bond acceptors (Lipinski definition) is 8. The lowest BCUT2D eigenvalue weighted by Gasteiger charge is -2.12. The standard InChI is InChI=1S/C25H22N4O5/c1-15(30)34-19-6-4-5-16(11-19)25(31)29-18-9-7-17(8-10-18)28-24-20-12-22(32-2)23(33-3)13-21(20)26-14-27-24/h4-14H,1-3H3,(H,29,31)(H,26,27,28).